The topological polar surface area (TPSA) is 3.24 Å². The average molecular weight is 871 g/mol. The maximum absolute atomic E-state index is 2.88. The van der Waals surface area contributed by atoms with Crippen molar-refractivity contribution < 1.29 is 0 Å². The Bertz CT molecular complexity index is 1320. The number of hydrogen-bond acceptors (Lipinski definition) is 1. The van der Waals surface area contributed by atoms with Gasteiger partial charge in [0.1, 0.15) is 0 Å². The zero-order valence-corrected chi connectivity index (χ0v) is 44.1. The molecule has 1 heterocycles. The lowest BCUT2D eigenvalue weighted by atomic mass is 9.44. The lowest BCUT2D eigenvalue weighted by Crippen LogP contribution is -2.52. The minimum Gasteiger partial charge on any atom is -0.303 e. The van der Waals surface area contributed by atoms with Crippen molar-refractivity contribution >= 4 is 0 Å². The number of unbranched alkanes of at least 4 members (excludes halogenated alkanes) is 14. The minimum atomic E-state index is 0.502. The highest BCUT2D eigenvalue weighted by atomic mass is 15.1. The van der Waals surface area contributed by atoms with Crippen LogP contribution in [0.4, 0.5) is 0 Å². The van der Waals surface area contributed by atoms with Gasteiger partial charge in [0.25, 0.3) is 0 Å². The molecule has 10 atom stereocenters. The van der Waals surface area contributed by atoms with Gasteiger partial charge in [-0.05, 0) is 173 Å². The van der Waals surface area contributed by atoms with Gasteiger partial charge < -0.3 is 4.90 Å². The van der Waals surface area contributed by atoms with Gasteiger partial charge in [-0.15, -0.1) is 0 Å². The van der Waals surface area contributed by atoms with E-state index in [2.05, 4.69) is 90.7 Å². The smallest absolute Gasteiger partial charge is 0.00101 e. The van der Waals surface area contributed by atoms with Gasteiger partial charge in [-0.2, -0.15) is 0 Å². The molecule has 4 fully saturated rings. The molecule has 63 heavy (non-hydrogen) atoms. The molecule has 7 unspecified atom stereocenters. The highest BCUT2D eigenvalue weighted by molar-refractivity contribution is 5.26. The molecule has 1 saturated heterocycles. The summed E-state index contributed by atoms with van der Waals surface area (Å²) in [5.41, 5.74) is 3.52. The highest BCUT2D eigenvalue weighted by Gasteiger charge is 2.63. The maximum atomic E-state index is 2.88. The second-order valence-electron chi connectivity index (χ2n) is 24.8. The van der Waals surface area contributed by atoms with Crippen LogP contribution in [0.15, 0.2) is 36.0 Å². The van der Waals surface area contributed by atoms with E-state index < -0.39 is 0 Å². The first kappa shape index (κ1) is 53.1. The fourth-order valence-corrected chi connectivity index (χ4v) is 15.3. The molecule has 5 rings (SSSR count). The Labute approximate surface area is 396 Å². The lowest BCUT2D eigenvalue weighted by molar-refractivity contribution is -0.0868. The molecule has 0 radical (unpaired) electrons. The zero-order valence-electron chi connectivity index (χ0n) is 44.1. The number of likely N-dealkylation sites (tertiary alicyclic amines) is 1. The molecule has 0 aromatic rings. The van der Waals surface area contributed by atoms with Crippen LogP contribution in [-0.2, 0) is 0 Å². The Hall–Kier alpha value is -0.820. The Morgan fingerprint density at radius 1 is 0.635 bits per heavy atom. The number of allylic oxidation sites excluding steroid dienone is 6. The molecule has 1 nitrogen and oxygen atoms in total. The van der Waals surface area contributed by atoms with E-state index in [1.165, 1.54) is 232 Å². The van der Waals surface area contributed by atoms with Crippen LogP contribution in [-0.4, -0.2) is 24.5 Å². The van der Waals surface area contributed by atoms with Crippen molar-refractivity contribution in [2.75, 3.05) is 19.6 Å². The van der Waals surface area contributed by atoms with Gasteiger partial charge in [-0.3, -0.25) is 0 Å². The van der Waals surface area contributed by atoms with E-state index in [4.69, 9.17) is 0 Å². The summed E-state index contributed by atoms with van der Waals surface area (Å²) in [6.07, 6.45) is 61.1. The lowest BCUT2D eigenvalue weighted by Gasteiger charge is -2.60. The van der Waals surface area contributed by atoms with E-state index in [-0.39, 0.29) is 0 Å². The van der Waals surface area contributed by atoms with Crippen molar-refractivity contribution in [3.63, 3.8) is 0 Å². The summed E-state index contributed by atoms with van der Waals surface area (Å²) in [4.78, 5) is 2.88. The van der Waals surface area contributed by atoms with E-state index in [0.717, 1.165) is 53.8 Å². The number of fused-ring (bicyclic) bond motifs is 5. The molecule has 0 amide bonds. The SMILES string of the molecule is CCCCC/C=C\C/C=C\CCCCCCCCCCCCC(CCCCC1CCC2(C)C(=CCC3C2CC[C@@]2(C)C3CC[C@]2(C)[C@H](C)CCCC(C)C)C1)CN1CCC(CC)C1. The van der Waals surface area contributed by atoms with Crippen molar-refractivity contribution in [3.05, 3.63) is 36.0 Å². The van der Waals surface area contributed by atoms with E-state index in [9.17, 15) is 0 Å². The van der Waals surface area contributed by atoms with Gasteiger partial charge in [0.05, 0.1) is 0 Å². The van der Waals surface area contributed by atoms with Crippen LogP contribution >= 0.6 is 0 Å². The molecule has 4 aliphatic carbocycles. The largest absolute Gasteiger partial charge is 0.303 e. The third-order valence-corrected chi connectivity index (χ3v) is 20.1. The summed E-state index contributed by atoms with van der Waals surface area (Å²) in [6, 6.07) is 0. The summed E-state index contributed by atoms with van der Waals surface area (Å²) in [6.45, 7) is 24.6. The Kier molecular flexibility index (Phi) is 23.5. The average Bonchev–Trinajstić information content (AvgIpc) is 3.85. The van der Waals surface area contributed by atoms with Gasteiger partial charge >= 0.3 is 0 Å². The van der Waals surface area contributed by atoms with Crippen LogP contribution in [0.1, 0.15) is 274 Å². The number of hydrogen-bond donors (Lipinski definition) is 0. The first-order valence-electron chi connectivity index (χ1n) is 29.3. The molecule has 364 valence electrons. The first-order chi connectivity index (χ1) is 30.5. The van der Waals surface area contributed by atoms with E-state index in [1.54, 1.807) is 0 Å². The first-order valence-corrected chi connectivity index (χ1v) is 29.3. The monoisotopic (exact) mass is 870 g/mol. The standard InChI is InChI=1S/C62H111N/c1-9-11-12-13-14-15-16-17-18-19-20-21-22-23-24-25-26-27-28-29-36-55(50-63-47-43-53(10-2)49-63)37-31-30-35-54-40-44-60(6)56(48-54)38-39-57-58(60)41-46-62(8)59(57)42-45-61(62,7)52(5)34-32-33-51(3)4/h14-15,17-18,38,51-55,57-59H,9-13,16,19-37,39-50H2,1-8H3/b15-14-,18-17-/t52-,53?,54?,55?,57?,58?,59?,60?,61-,62+/m1/s1. The summed E-state index contributed by atoms with van der Waals surface area (Å²) >= 11 is 0. The van der Waals surface area contributed by atoms with Crippen molar-refractivity contribution in [3.8, 4) is 0 Å². The summed E-state index contributed by atoms with van der Waals surface area (Å²) in [5.74, 6) is 7.45. The van der Waals surface area contributed by atoms with Crippen LogP contribution in [0.2, 0.25) is 0 Å². The van der Waals surface area contributed by atoms with Crippen LogP contribution in [0, 0.1) is 63.6 Å². The predicted octanol–water partition coefficient (Wildman–Crippen LogP) is 19.7. The third-order valence-electron chi connectivity index (χ3n) is 20.1. The van der Waals surface area contributed by atoms with Crippen LogP contribution in [0.3, 0.4) is 0 Å². The van der Waals surface area contributed by atoms with Crippen molar-refractivity contribution in [2.24, 2.45) is 63.6 Å². The Morgan fingerprint density at radius 2 is 1.29 bits per heavy atom. The summed E-state index contributed by atoms with van der Waals surface area (Å²) in [5, 5.41) is 0. The summed E-state index contributed by atoms with van der Waals surface area (Å²) < 4.78 is 0. The third kappa shape index (κ3) is 15.6. The predicted molar refractivity (Wildman–Crippen MR) is 280 cm³/mol. The fourth-order valence-electron chi connectivity index (χ4n) is 15.3. The van der Waals surface area contributed by atoms with Gasteiger partial charge in [-0.1, -0.05) is 207 Å². The quantitative estimate of drug-likeness (QED) is 0.0481. The molecule has 0 aromatic heterocycles. The molecule has 0 aromatic carbocycles. The second kappa shape index (κ2) is 27.9. The Balaban J connectivity index is 0.961. The van der Waals surface area contributed by atoms with Gasteiger partial charge in [0.15, 0.2) is 0 Å². The van der Waals surface area contributed by atoms with E-state index >= 15 is 0 Å². The molecule has 3 saturated carbocycles. The molecule has 0 N–H and O–H groups in total. The van der Waals surface area contributed by atoms with Crippen LogP contribution < -0.4 is 0 Å². The van der Waals surface area contributed by atoms with Crippen molar-refractivity contribution in [1.29, 1.82) is 0 Å². The molecule has 0 spiro atoms. The van der Waals surface area contributed by atoms with Gasteiger partial charge in [-0.25, -0.2) is 0 Å². The molecule has 1 heteroatoms. The van der Waals surface area contributed by atoms with Crippen molar-refractivity contribution in [1.82, 2.24) is 4.90 Å². The van der Waals surface area contributed by atoms with Crippen LogP contribution in [0.5, 0.6) is 0 Å². The van der Waals surface area contributed by atoms with Crippen molar-refractivity contribution in [2.45, 2.75) is 274 Å². The van der Waals surface area contributed by atoms with Crippen LogP contribution in [0.25, 0.3) is 0 Å². The van der Waals surface area contributed by atoms with E-state index in [1.807, 2.05) is 5.57 Å². The van der Waals surface area contributed by atoms with Gasteiger partial charge in [0, 0.05) is 13.1 Å². The molecule has 1 aliphatic heterocycles. The maximum Gasteiger partial charge on any atom is 0.00101 e. The van der Waals surface area contributed by atoms with E-state index in [0.29, 0.717) is 16.2 Å². The molecular formula is C62H111N. The minimum absolute atomic E-state index is 0.502. The molecule has 0 bridgehead atoms. The molecular weight excluding hydrogens is 759 g/mol. The fraction of sp³-hybridized carbons (Fsp3) is 0.903. The number of rotatable bonds is 32. The second-order valence-corrected chi connectivity index (χ2v) is 24.8. The Morgan fingerprint density at radius 3 is 1.95 bits per heavy atom. The normalized spacial score (nSPS) is 32.1. The summed E-state index contributed by atoms with van der Waals surface area (Å²) in [7, 11) is 0. The highest BCUT2D eigenvalue weighted by Crippen LogP contribution is 2.71. The van der Waals surface area contributed by atoms with Gasteiger partial charge in [0.2, 0.25) is 0 Å². The number of nitrogens with zero attached hydrogens (tertiary/aromatic N) is 1. The zero-order chi connectivity index (χ0) is 45.0. The molecule has 5 aliphatic rings.